The van der Waals surface area contributed by atoms with Gasteiger partial charge in [0.05, 0.1) is 6.61 Å². The molecule has 0 N–H and O–H groups in total. The second kappa shape index (κ2) is 6.27. The van der Waals surface area contributed by atoms with E-state index >= 15 is 0 Å². The van der Waals surface area contributed by atoms with Crippen molar-refractivity contribution in [3.8, 4) is 0 Å². The molecule has 2 aromatic rings. The minimum Gasteiger partial charge on any atom is -0.465 e. The van der Waals surface area contributed by atoms with Crippen molar-refractivity contribution in [2.24, 2.45) is 0 Å². The number of hydrogen-bond donors (Lipinski definition) is 0. The first-order chi connectivity index (χ1) is 9.67. The summed E-state index contributed by atoms with van der Waals surface area (Å²) >= 11 is 0. The van der Waals surface area contributed by atoms with Crippen LogP contribution in [0.2, 0.25) is 0 Å². The van der Waals surface area contributed by atoms with Crippen molar-refractivity contribution in [2.75, 3.05) is 6.61 Å². The minimum absolute atomic E-state index is 0.255. The van der Waals surface area contributed by atoms with Gasteiger partial charge in [0.1, 0.15) is 23.9 Å². The van der Waals surface area contributed by atoms with Crippen LogP contribution in [0.5, 0.6) is 0 Å². The summed E-state index contributed by atoms with van der Waals surface area (Å²) in [5.74, 6) is -1.18. The molecule has 6 heteroatoms. The zero-order chi connectivity index (χ0) is 14.5. The van der Waals surface area contributed by atoms with Crippen molar-refractivity contribution in [1.82, 2.24) is 14.8 Å². The predicted molar refractivity (Wildman–Crippen MR) is 70.6 cm³/mol. The van der Waals surface area contributed by atoms with Crippen molar-refractivity contribution < 1.29 is 13.9 Å². The number of ether oxygens (including phenoxy) is 1. The number of aromatic nitrogens is 3. The van der Waals surface area contributed by atoms with Gasteiger partial charge in [-0.3, -0.25) is 4.79 Å². The van der Waals surface area contributed by atoms with Crippen LogP contribution in [0, 0.1) is 5.82 Å². The topological polar surface area (TPSA) is 57.0 Å². The van der Waals surface area contributed by atoms with E-state index in [-0.39, 0.29) is 6.61 Å². The maximum absolute atomic E-state index is 13.4. The van der Waals surface area contributed by atoms with E-state index in [1.54, 1.807) is 23.7 Å². The monoisotopic (exact) mass is 277 g/mol. The van der Waals surface area contributed by atoms with Crippen LogP contribution in [0.15, 0.2) is 30.6 Å². The van der Waals surface area contributed by atoms with E-state index in [9.17, 15) is 9.18 Å². The molecule has 106 valence electrons. The van der Waals surface area contributed by atoms with Gasteiger partial charge >= 0.3 is 5.97 Å². The van der Waals surface area contributed by atoms with E-state index in [4.69, 9.17) is 4.74 Å². The Hall–Kier alpha value is -2.24. The smallest absolute Gasteiger partial charge is 0.321 e. The highest BCUT2D eigenvalue weighted by Gasteiger charge is 2.29. The Morgan fingerprint density at radius 1 is 1.45 bits per heavy atom. The highest BCUT2D eigenvalue weighted by atomic mass is 19.1. The van der Waals surface area contributed by atoms with Crippen LogP contribution < -0.4 is 0 Å². The quantitative estimate of drug-likeness (QED) is 0.786. The van der Waals surface area contributed by atoms with Crippen LogP contribution >= 0.6 is 0 Å². The van der Waals surface area contributed by atoms with Gasteiger partial charge in [-0.1, -0.05) is 12.1 Å². The van der Waals surface area contributed by atoms with E-state index in [2.05, 4.69) is 10.1 Å². The van der Waals surface area contributed by atoms with Crippen molar-refractivity contribution in [3.05, 3.63) is 47.8 Å². The average Bonchev–Trinajstić information content (AvgIpc) is 2.87. The summed E-state index contributed by atoms with van der Waals surface area (Å²) in [7, 11) is 0. The molecule has 0 saturated heterocycles. The SMILES string of the molecule is CCOC(=O)C(c1cccc(F)c1)c1ncnn1CC. The molecule has 0 amide bonds. The lowest BCUT2D eigenvalue weighted by molar-refractivity contribution is -0.144. The predicted octanol–water partition coefficient (Wildman–Crippen LogP) is 2.13. The lowest BCUT2D eigenvalue weighted by atomic mass is 9.98. The highest BCUT2D eigenvalue weighted by Crippen LogP contribution is 2.25. The van der Waals surface area contributed by atoms with Gasteiger partial charge in [0, 0.05) is 6.54 Å². The fraction of sp³-hybridized carbons (Fsp3) is 0.357. The van der Waals surface area contributed by atoms with Gasteiger partial charge in [-0.25, -0.2) is 14.1 Å². The summed E-state index contributed by atoms with van der Waals surface area (Å²) in [5, 5.41) is 4.05. The van der Waals surface area contributed by atoms with Crippen molar-refractivity contribution in [1.29, 1.82) is 0 Å². The van der Waals surface area contributed by atoms with Gasteiger partial charge in [0.2, 0.25) is 0 Å². The summed E-state index contributed by atoms with van der Waals surface area (Å²) in [5.41, 5.74) is 0.506. The number of aryl methyl sites for hydroxylation is 1. The van der Waals surface area contributed by atoms with E-state index < -0.39 is 17.7 Å². The van der Waals surface area contributed by atoms with Gasteiger partial charge < -0.3 is 4.74 Å². The Morgan fingerprint density at radius 3 is 2.90 bits per heavy atom. The first-order valence-electron chi connectivity index (χ1n) is 6.47. The lowest BCUT2D eigenvalue weighted by Crippen LogP contribution is -2.21. The minimum atomic E-state index is -0.770. The average molecular weight is 277 g/mol. The molecule has 0 radical (unpaired) electrons. The molecule has 1 atom stereocenters. The van der Waals surface area contributed by atoms with Crippen molar-refractivity contribution in [3.63, 3.8) is 0 Å². The van der Waals surface area contributed by atoms with E-state index in [0.717, 1.165) is 0 Å². The summed E-state index contributed by atoms with van der Waals surface area (Å²) in [6, 6.07) is 5.88. The number of benzene rings is 1. The zero-order valence-electron chi connectivity index (χ0n) is 11.4. The van der Waals surface area contributed by atoms with Crippen LogP contribution in [0.1, 0.15) is 31.2 Å². The number of hydrogen-bond acceptors (Lipinski definition) is 4. The molecule has 0 saturated carbocycles. The Kier molecular flexibility index (Phi) is 4.45. The lowest BCUT2D eigenvalue weighted by Gasteiger charge is -2.16. The number of rotatable bonds is 5. The Balaban J connectivity index is 2.47. The van der Waals surface area contributed by atoms with Gasteiger partial charge in [0.15, 0.2) is 0 Å². The van der Waals surface area contributed by atoms with E-state index in [1.165, 1.54) is 18.5 Å². The molecule has 1 aromatic carbocycles. The molecule has 5 nitrogen and oxygen atoms in total. The van der Waals surface area contributed by atoms with Crippen LogP contribution in [0.25, 0.3) is 0 Å². The third-order valence-electron chi connectivity index (χ3n) is 2.91. The Labute approximate surface area is 116 Å². The first-order valence-corrected chi connectivity index (χ1v) is 6.47. The second-order valence-electron chi connectivity index (χ2n) is 4.17. The summed E-state index contributed by atoms with van der Waals surface area (Å²) in [6.45, 7) is 4.45. The molecule has 2 rings (SSSR count). The fourth-order valence-corrected chi connectivity index (χ4v) is 2.04. The highest BCUT2D eigenvalue weighted by molar-refractivity contribution is 5.81. The van der Waals surface area contributed by atoms with Gasteiger partial charge in [-0.15, -0.1) is 0 Å². The van der Waals surface area contributed by atoms with Gasteiger partial charge in [-0.05, 0) is 31.5 Å². The molecule has 0 fully saturated rings. The van der Waals surface area contributed by atoms with Crippen LogP contribution in [0.3, 0.4) is 0 Å². The molecule has 1 unspecified atom stereocenters. The number of halogens is 1. The molecule has 0 aliphatic heterocycles. The molecule has 0 spiro atoms. The third kappa shape index (κ3) is 2.84. The van der Waals surface area contributed by atoms with Gasteiger partial charge in [-0.2, -0.15) is 5.10 Å². The Morgan fingerprint density at radius 2 is 2.25 bits per heavy atom. The van der Waals surface area contributed by atoms with Crippen LogP contribution in [0.4, 0.5) is 4.39 Å². The number of esters is 1. The van der Waals surface area contributed by atoms with E-state index in [1.807, 2.05) is 6.92 Å². The molecular weight excluding hydrogens is 261 g/mol. The maximum Gasteiger partial charge on any atom is 0.321 e. The standard InChI is InChI=1S/C14H16FN3O2/c1-3-18-13(16-9-17-18)12(14(19)20-4-2)10-6-5-7-11(15)8-10/h5-9,12H,3-4H2,1-2H3. The summed E-state index contributed by atoms with van der Waals surface area (Å²) in [4.78, 5) is 16.3. The van der Waals surface area contributed by atoms with Crippen LogP contribution in [-0.2, 0) is 16.1 Å². The molecule has 1 heterocycles. The second-order valence-corrected chi connectivity index (χ2v) is 4.17. The largest absolute Gasteiger partial charge is 0.465 e. The molecule has 0 bridgehead atoms. The molecular formula is C14H16FN3O2. The maximum atomic E-state index is 13.4. The normalized spacial score (nSPS) is 12.2. The first kappa shape index (κ1) is 14.2. The molecule has 0 aliphatic carbocycles. The number of carbonyl (C=O) groups is 1. The number of carbonyl (C=O) groups excluding carboxylic acids is 1. The number of nitrogens with zero attached hydrogens (tertiary/aromatic N) is 3. The van der Waals surface area contributed by atoms with Crippen molar-refractivity contribution in [2.45, 2.75) is 26.3 Å². The van der Waals surface area contributed by atoms with Crippen LogP contribution in [-0.4, -0.2) is 27.3 Å². The Bertz CT molecular complexity index is 598. The zero-order valence-corrected chi connectivity index (χ0v) is 11.4. The van der Waals surface area contributed by atoms with Gasteiger partial charge in [0.25, 0.3) is 0 Å². The van der Waals surface area contributed by atoms with Crippen molar-refractivity contribution >= 4 is 5.97 Å². The molecule has 20 heavy (non-hydrogen) atoms. The fourth-order valence-electron chi connectivity index (χ4n) is 2.04. The summed E-state index contributed by atoms with van der Waals surface area (Å²) < 4.78 is 20.1. The molecule has 1 aromatic heterocycles. The molecule has 0 aliphatic rings. The van der Waals surface area contributed by atoms with E-state index in [0.29, 0.717) is 17.9 Å². The third-order valence-corrected chi connectivity index (χ3v) is 2.91. The summed E-state index contributed by atoms with van der Waals surface area (Å²) in [6.07, 6.45) is 1.38.